The summed E-state index contributed by atoms with van der Waals surface area (Å²) in [5.41, 5.74) is 2.90. The number of aromatic nitrogens is 2. The lowest BCUT2D eigenvalue weighted by molar-refractivity contribution is 0.368. The molecule has 0 spiro atoms. The Morgan fingerprint density at radius 1 is 1.19 bits per heavy atom. The number of rotatable bonds is 5. The Labute approximate surface area is 122 Å². The summed E-state index contributed by atoms with van der Waals surface area (Å²) in [5, 5.41) is 11.8. The zero-order chi connectivity index (χ0) is 14.5. The van der Waals surface area contributed by atoms with Gasteiger partial charge in [-0.25, -0.2) is 4.98 Å². The van der Waals surface area contributed by atoms with Gasteiger partial charge in [0, 0.05) is 18.1 Å². The molecule has 21 heavy (non-hydrogen) atoms. The fourth-order valence-electron chi connectivity index (χ4n) is 2.05. The second-order valence-corrected chi connectivity index (χ2v) is 4.52. The number of hydrogen-bond acceptors (Lipinski definition) is 4. The highest BCUT2D eigenvalue weighted by Crippen LogP contribution is 2.16. The molecule has 0 bridgehead atoms. The molecule has 0 amide bonds. The van der Waals surface area contributed by atoms with E-state index in [9.17, 15) is 0 Å². The molecule has 2 aromatic heterocycles. The molecule has 5 heteroatoms. The van der Waals surface area contributed by atoms with Crippen LogP contribution in [-0.2, 0) is 6.54 Å². The van der Waals surface area contributed by atoms with E-state index in [4.69, 9.17) is 10.00 Å². The van der Waals surface area contributed by atoms with Crippen LogP contribution in [0.1, 0.15) is 5.69 Å². The average Bonchev–Trinajstić information content (AvgIpc) is 2.95. The molecule has 0 saturated carbocycles. The van der Waals surface area contributed by atoms with Gasteiger partial charge in [0.15, 0.2) is 6.61 Å². The molecule has 0 fully saturated rings. The van der Waals surface area contributed by atoms with Crippen LogP contribution in [0.2, 0.25) is 0 Å². The summed E-state index contributed by atoms with van der Waals surface area (Å²) >= 11 is 0. The van der Waals surface area contributed by atoms with Crippen LogP contribution in [0.3, 0.4) is 0 Å². The maximum absolute atomic E-state index is 8.46. The third-order valence-electron chi connectivity index (χ3n) is 3.05. The number of imidazole rings is 1. The van der Waals surface area contributed by atoms with E-state index >= 15 is 0 Å². The molecule has 0 unspecified atom stereocenters. The van der Waals surface area contributed by atoms with Crippen LogP contribution in [0.4, 0.5) is 5.69 Å². The van der Waals surface area contributed by atoms with Gasteiger partial charge in [-0.05, 0) is 36.4 Å². The quantitative estimate of drug-likeness (QED) is 0.779. The van der Waals surface area contributed by atoms with Gasteiger partial charge in [0.1, 0.15) is 17.5 Å². The first-order chi connectivity index (χ1) is 10.3. The van der Waals surface area contributed by atoms with E-state index in [0.717, 1.165) is 17.0 Å². The second kappa shape index (κ2) is 5.97. The smallest absolute Gasteiger partial charge is 0.174 e. The summed E-state index contributed by atoms with van der Waals surface area (Å²) in [4.78, 5) is 4.53. The van der Waals surface area contributed by atoms with E-state index < -0.39 is 0 Å². The van der Waals surface area contributed by atoms with Gasteiger partial charge >= 0.3 is 0 Å². The van der Waals surface area contributed by atoms with Crippen molar-refractivity contribution in [1.82, 2.24) is 9.38 Å². The third-order valence-corrected chi connectivity index (χ3v) is 3.05. The molecule has 3 aromatic rings. The number of ether oxygens (including phenoxy) is 1. The van der Waals surface area contributed by atoms with Gasteiger partial charge in [0.2, 0.25) is 0 Å². The van der Waals surface area contributed by atoms with Gasteiger partial charge in [-0.3, -0.25) is 0 Å². The predicted octanol–water partition coefficient (Wildman–Crippen LogP) is 2.85. The Morgan fingerprint density at radius 3 is 2.81 bits per heavy atom. The van der Waals surface area contributed by atoms with E-state index in [1.807, 2.05) is 65.3 Å². The molecular formula is C16H14N4O. The van der Waals surface area contributed by atoms with Crippen molar-refractivity contribution in [1.29, 1.82) is 5.26 Å². The van der Waals surface area contributed by atoms with Crippen molar-refractivity contribution < 1.29 is 4.74 Å². The highest BCUT2D eigenvalue weighted by Gasteiger charge is 2.01. The topological polar surface area (TPSA) is 62.3 Å². The van der Waals surface area contributed by atoms with Gasteiger partial charge < -0.3 is 14.5 Å². The zero-order valence-electron chi connectivity index (χ0n) is 11.4. The number of nitriles is 1. The van der Waals surface area contributed by atoms with Crippen molar-refractivity contribution in [2.75, 3.05) is 11.9 Å². The van der Waals surface area contributed by atoms with E-state index in [1.54, 1.807) is 0 Å². The highest BCUT2D eigenvalue weighted by atomic mass is 16.5. The van der Waals surface area contributed by atoms with Crippen LogP contribution in [0.25, 0.3) is 5.65 Å². The highest BCUT2D eigenvalue weighted by molar-refractivity contribution is 5.47. The standard InChI is InChI=1S/C16H14N4O/c17-8-10-21-15-6-4-13(5-7-15)18-11-14-12-20-9-2-1-3-16(20)19-14/h1-7,9,12,18H,10-11H2. The number of hydrogen-bond donors (Lipinski definition) is 1. The molecule has 1 aromatic carbocycles. The molecule has 0 aliphatic carbocycles. The molecular weight excluding hydrogens is 264 g/mol. The van der Waals surface area contributed by atoms with Crippen molar-refractivity contribution in [3.05, 3.63) is 60.6 Å². The Hall–Kier alpha value is -3.00. The maximum atomic E-state index is 8.46. The zero-order valence-corrected chi connectivity index (χ0v) is 11.4. The third kappa shape index (κ3) is 3.12. The van der Waals surface area contributed by atoms with Gasteiger partial charge in [0.05, 0.1) is 12.2 Å². The Morgan fingerprint density at radius 2 is 2.05 bits per heavy atom. The normalized spacial score (nSPS) is 10.2. The van der Waals surface area contributed by atoms with Crippen LogP contribution >= 0.6 is 0 Å². The van der Waals surface area contributed by atoms with E-state index in [-0.39, 0.29) is 6.61 Å². The summed E-state index contributed by atoms with van der Waals surface area (Å²) in [6.07, 6.45) is 3.99. The number of fused-ring (bicyclic) bond motifs is 1. The minimum absolute atomic E-state index is 0.0635. The summed E-state index contributed by atoms with van der Waals surface area (Å²) in [6.45, 7) is 0.716. The first-order valence-electron chi connectivity index (χ1n) is 6.61. The SMILES string of the molecule is N#CCOc1ccc(NCc2cn3ccccc3n2)cc1. The van der Waals surface area contributed by atoms with E-state index in [0.29, 0.717) is 12.3 Å². The lowest BCUT2D eigenvalue weighted by atomic mass is 10.3. The van der Waals surface area contributed by atoms with Gasteiger partial charge in [0.25, 0.3) is 0 Å². The largest absolute Gasteiger partial charge is 0.479 e. The maximum Gasteiger partial charge on any atom is 0.174 e. The molecule has 0 aliphatic rings. The van der Waals surface area contributed by atoms with Crippen molar-refractivity contribution >= 4 is 11.3 Å². The van der Waals surface area contributed by atoms with Crippen LogP contribution in [0, 0.1) is 11.3 Å². The molecule has 3 rings (SSSR count). The molecule has 0 radical (unpaired) electrons. The number of pyridine rings is 1. The minimum Gasteiger partial charge on any atom is -0.479 e. The fraction of sp³-hybridized carbons (Fsp3) is 0.125. The molecule has 5 nitrogen and oxygen atoms in total. The monoisotopic (exact) mass is 278 g/mol. The summed E-state index contributed by atoms with van der Waals surface area (Å²) in [6, 6.07) is 15.4. The summed E-state index contributed by atoms with van der Waals surface area (Å²) in [7, 11) is 0. The summed E-state index contributed by atoms with van der Waals surface area (Å²) in [5.74, 6) is 0.690. The number of nitrogens with one attached hydrogen (secondary N) is 1. The molecule has 0 saturated heterocycles. The van der Waals surface area contributed by atoms with E-state index in [1.165, 1.54) is 0 Å². The average molecular weight is 278 g/mol. The Kier molecular flexibility index (Phi) is 3.70. The number of nitrogens with zero attached hydrogens (tertiary/aromatic N) is 3. The van der Waals surface area contributed by atoms with E-state index in [2.05, 4.69) is 10.3 Å². The van der Waals surface area contributed by atoms with Crippen LogP contribution < -0.4 is 10.1 Å². The van der Waals surface area contributed by atoms with Gasteiger partial charge in [-0.15, -0.1) is 0 Å². The fourth-order valence-corrected chi connectivity index (χ4v) is 2.05. The lowest BCUT2D eigenvalue weighted by Crippen LogP contribution is -1.99. The minimum atomic E-state index is 0.0635. The Bertz CT molecular complexity index is 738. The summed E-state index contributed by atoms with van der Waals surface area (Å²) < 4.78 is 7.20. The van der Waals surface area contributed by atoms with Crippen molar-refractivity contribution in [3.63, 3.8) is 0 Å². The molecule has 0 atom stereocenters. The van der Waals surface area contributed by atoms with Gasteiger partial charge in [-0.2, -0.15) is 5.26 Å². The van der Waals surface area contributed by atoms with Crippen molar-refractivity contribution in [3.8, 4) is 11.8 Å². The van der Waals surface area contributed by atoms with Crippen molar-refractivity contribution in [2.45, 2.75) is 6.54 Å². The molecule has 2 heterocycles. The molecule has 0 aliphatic heterocycles. The number of benzene rings is 1. The Balaban J connectivity index is 1.63. The van der Waals surface area contributed by atoms with Crippen LogP contribution in [-0.4, -0.2) is 16.0 Å². The molecule has 104 valence electrons. The lowest BCUT2D eigenvalue weighted by Gasteiger charge is -2.06. The second-order valence-electron chi connectivity index (χ2n) is 4.52. The molecule has 1 N–H and O–H groups in total. The van der Waals surface area contributed by atoms with Crippen LogP contribution in [0.15, 0.2) is 54.9 Å². The van der Waals surface area contributed by atoms with Crippen molar-refractivity contribution in [2.24, 2.45) is 0 Å². The van der Waals surface area contributed by atoms with Crippen LogP contribution in [0.5, 0.6) is 5.75 Å². The number of anilines is 1. The first kappa shape index (κ1) is 13.0. The van der Waals surface area contributed by atoms with Gasteiger partial charge in [-0.1, -0.05) is 6.07 Å². The predicted molar refractivity (Wildman–Crippen MR) is 80.1 cm³/mol. The first-order valence-corrected chi connectivity index (χ1v) is 6.61.